The molecule has 2 aromatic carbocycles. The van der Waals surface area contributed by atoms with Crippen LogP contribution >= 0.6 is 0 Å². The summed E-state index contributed by atoms with van der Waals surface area (Å²) in [6, 6.07) is 15.8. The number of aromatic nitrogens is 5. The number of halogens is 3. The zero-order valence-electron chi connectivity index (χ0n) is 17.8. The molecular formula is C24H17F3N6O. The highest BCUT2D eigenvalue weighted by atomic mass is 19.4. The third-order valence-corrected chi connectivity index (χ3v) is 5.17. The third-order valence-electron chi connectivity index (χ3n) is 5.17. The minimum atomic E-state index is -4.49. The van der Waals surface area contributed by atoms with E-state index in [1.165, 1.54) is 18.2 Å². The average Bonchev–Trinajstić information content (AvgIpc) is 3.32. The van der Waals surface area contributed by atoms with Crippen LogP contribution in [0.15, 0.2) is 73.1 Å². The van der Waals surface area contributed by atoms with Gasteiger partial charge < -0.3 is 10.1 Å². The third kappa shape index (κ3) is 4.13. The van der Waals surface area contributed by atoms with Gasteiger partial charge in [0.1, 0.15) is 11.6 Å². The van der Waals surface area contributed by atoms with E-state index in [-0.39, 0.29) is 11.3 Å². The monoisotopic (exact) mass is 462 g/mol. The molecule has 0 spiro atoms. The summed E-state index contributed by atoms with van der Waals surface area (Å²) in [5, 5.41) is 10.6. The van der Waals surface area contributed by atoms with Crippen LogP contribution in [0.1, 0.15) is 5.56 Å². The first kappa shape index (κ1) is 21.4. The van der Waals surface area contributed by atoms with E-state index in [4.69, 9.17) is 4.74 Å². The van der Waals surface area contributed by atoms with Crippen molar-refractivity contribution in [2.45, 2.75) is 6.18 Å². The molecule has 34 heavy (non-hydrogen) atoms. The van der Waals surface area contributed by atoms with Crippen molar-refractivity contribution in [3.05, 3.63) is 78.6 Å². The molecule has 0 unspecified atom stereocenters. The Bertz CT molecular complexity index is 1470. The summed E-state index contributed by atoms with van der Waals surface area (Å²) in [6.07, 6.45) is -1.19. The molecule has 0 aliphatic carbocycles. The maximum Gasteiger partial charge on any atom is 0.417 e. The Morgan fingerprint density at radius 1 is 0.971 bits per heavy atom. The molecule has 0 aliphatic rings. The second kappa shape index (κ2) is 8.47. The highest BCUT2D eigenvalue weighted by Crippen LogP contribution is 2.37. The van der Waals surface area contributed by atoms with Crippen LogP contribution in [0, 0.1) is 0 Å². The van der Waals surface area contributed by atoms with Crippen molar-refractivity contribution in [3.8, 4) is 28.4 Å². The van der Waals surface area contributed by atoms with Crippen LogP contribution in [-0.2, 0) is 6.18 Å². The Morgan fingerprint density at radius 3 is 2.59 bits per heavy atom. The molecule has 0 saturated heterocycles. The van der Waals surface area contributed by atoms with Gasteiger partial charge in [0, 0.05) is 35.0 Å². The normalized spacial score (nSPS) is 11.5. The van der Waals surface area contributed by atoms with Gasteiger partial charge in [-0.25, -0.2) is 9.97 Å². The fourth-order valence-electron chi connectivity index (χ4n) is 3.56. The first-order chi connectivity index (χ1) is 16.4. The van der Waals surface area contributed by atoms with Gasteiger partial charge in [-0.05, 0) is 36.4 Å². The van der Waals surface area contributed by atoms with Crippen LogP contribution in [0.4, 0.5) is 24.8 Å². The van der Waals surface area contributed by atoms with Crippen LogP contribution in [0.3, 0.4) is 0 Å². The maximum atomic E-state index is 13.5. The molecule has 7 nitrogen and oxygen atoms in total. The summed E-state index contributed by atoms with van der Waals surface area (Å²) < 4.78 is 45.7. The molecular weight excluding hydrogens is 445 g/mol. The Hall–Kier alpha value is -4.47. The molecule has 5 aromatic rings. The van der Waals surface area contributed by atoms with E-state index in [9.17, 15) is 13.2 Å². The number of nitrogens with zero attached hydrogens (tertiary/aromatic N) is 4. The van der Waals surface area contributed by atoms with Crippen molar-refractivity contribution >= 4 is 22.5 Å². The largest absolute Gasteiger partial charge is 0.497 e. The van der Waals surface area contributed by atoms with E-state index in [1.54, 1.807) is 49.8 Å². The van der Waals surface area contributed by atoms with Gasteiger partial charge in [0.2, 0.25) is 0 Å². The van der Waals surface area contributed by atoms with Gasteiger partial charge in [-0.1, -0.05) is 18.2 Å². The smallest absolute Gasteiger partial charge is 0.417 e. The summed E-state index contributed by atoms with van der Waals surface area (Å²) in [4.78, 5) is 13.4. The Morgan fingerprint density at radius 2 is 1.82 bits per heavy atom. The number of hydrogen-bond donors (Lipinski definition) is 2. The Kier molecular flexibility index (Phi) is 5.33. The minimum Gasteiger partial charge on any atom is -0.497 e. The molecule has 10 heteroatoms. The van der Waals surface area contributed by atoms with Crippen LogP contribution in [0.2, 0.25) is 0 Å². The van der Waals surface area contributed by atoms with Crippen molar-refractivity contribution < 1.29 is 17.9 Å². The highest BCUT2D eigenvalue weighted by molar-refractivity contribution is 5.93. The number of H-pyrrole nitrogens is 1. The second-order valence-corrected chi connectivity index (χ2v) is 7.36. The van der Waals surface area contributed by atoms with Crippen LogP contribution in [0.5, 0.6) is 5.75 Å². The molecule has 3 aromatic heterocycles. The van der Waals surface area contributed by atoms with E-state index >= 15 is 0 Å². The summed E-state index contributed by atoms with van der Waals surface area (Å²) >= 11 is 0. The standard InChI is InChI=1S/C24H17F3N6O/c1-34-15-8-9-19-17(11-15)23(31-22(29-19)14-5-4-10-28-13-14)30-21-12-20(32-33-21)16-6-2-3-7-18(16)24(25,26)27/h2-13H,1H3,(H2,29,30,31,32,33). The highest BCUT2D eigenvalue weighted by Gasteiger charge is 2.33. The van der Waals surface area contributed by atoms with Crippen molar-refractivity contribution in [2.75, 3.05) is 12.4 Å². The van der Waals surface area contributed by atoms with Gasteiger partial charge in [0.15, 0.2) is 11.6 Å². The molecule has 0 atom stereocenters. The number of nitrogens with one attached hydrogen (secondary N) is 2. The van der Waals surface area contributed by atoms with Crippen molar-refractivity contribution in [2.24, 2.45) is 0 Å². The van der Waals surface area contributed by atoms with Gasteiger partial charge in [-0.15, -0.1) is 0 Å². The zero-order valence-corrected chi connectivity index (χ0v) is 17.8. The lowest BCUT2D eigenvalue weighted by molar-refractivity contribution is -0.137. The predicted octanol–water partition coefficient (Wildman–Crippen LogP) is 5.85. The first-order valence-corrected chi connectivity index (χ1v) is 10.2. The van der Waals surface area contributed by atoms with Gasteiger partial charge in [-0.3, -0.25) is 10.1 Å². The summed E-state index contributed by atoms with van der Waals surface area (Å²) in [6.45, 7) is 0. The minimum absolute atomic E-state index is 0.000754. The van der Waals surface area contributed by atoms with E-state index in [0.717, 1.165) is 6.07 Å². The van der Waals surface area contributed by atoms with E-state index < -0.39 is 11.7 Å². The lowest BCUT2D eigenvalue weighted by Crippen LogP contribution is -2.06. The summed E-state index contributed by atoms with van der Waals surface area (Å²) in [7, 11) is 1.55. The molecule has 0 bridgehead atoms. The SMILES string of the molecule is COc1ccc2nc(-c3cccnc3)nc(Nc3cc(-c4ccccc4C(F)(F)F)[nH]n3)c2c1. The molecule has 0 amide bonds. The fraction of sp³-hybridized carbons (Fsp3) is 0.0833. The molecule has 0 aliphatic heterocycles. The number of fused-ring (bicyclic) bond motifs is 1. The number of aromatic amines is 1. The molecule has 0 saturated carbocycles. The molecule has 0 radical (unpaired) electrons. The number of anilines is 2. The quantitative estimate of drug-likeness (QED) is 0.341. The van der Waals surface area contributed by atoms with Crippen molar-refractivity contribution in [1.82, 2.24) is 25.1 Å². The van der Waals surface area contributed by atoms with Gasteiger partial charge >= 0.3 is 6.18 Å². The summed E-state index contributed by atoms with van der Waals surface area (Å²) in [5.74, 6) is 1.76. The molecule has 3 heterocycles. The van der Waals surface area contributed by atoms with Gasteiger partial charge in [0.25, 0.3) is 0 Å². The van der Waals surface area contributed by atoms with E-state index in [2.05, 4.69) is 30.5 Å². The molecule has 170 valence electrons. The van der Waals surface area contributed by atoms with Crippen LogP contribution < -0.4 is 10.1 Å². The number of rotatable bonds is 5. The molecule has 5 rings (SSSR count). The predicted molar refractivity (Wildman–Crippen MR) is 122 cm³/mol. The number of methoxy groups -OCH3 is 1. The Labute approximate surface area is 191 Å². The number of pyridine rings is 1. The van der Waals surface area contributed by atoms with E-state index in [1.807, 2.05) is 6.07 Å². The fourth-order valence-corrected chi connectivity index (χ4v) is 3.56. The number of ether oxygens (including phenoxy) is 1. The lowest BCUT2D eigenvalue weighted by Gasteiger charge is -2.11. The second-order valence-electron chi connectivity index (χ2n) is 7.36. The van der Waals surface area contributed by atoms with Crippen LogP contribution in [-0.4, -0.2) is 32.3 Å². The number of alkyl halides is 3. The van der Waals surface area contributed by atoms with Crippen molar-refractivity contribution in [3.63, 3.8) is 0 Å². The zero-order chi connectivity index (χ0) is 23.7. The van der Waals surface area contributed by atoms with Crippen molar-refractivity contribution in [1.29, 1.82) is 0 Å². The number of hydrogen-bond acceptors (Lipinski definition) is 6. The molecule has 0 fully saturated rings. The van der Waals surface area contributed by atoms with Gasteiger partial charge in [-0.2, -0.15) is 18.3 Å². The summed E-state index contributed by atoms with van der Waals surface area (Å²) in [5.41, 5.74) is 0.835. The lowest BCUT2D eigenvalue weighted by atomic mass is 10.0. The first-order valence-electron chi connectivity index (χ1n) is 10.2. The van der Waals surface area contributed by atoms with Crippen LogP contribution in [0.25, 0.3) is 33.5 Å². The topological polar surface area (TPSA) is 88.6 Å². The average molecular weight is 462 g/mol. The van der Waals surface area contributed by atoms with Gasteiger partial charge in [0.05, 0.1) is 23.9 Å². The molecule has 2 N–H and O–H groups in total. The van der Waals surface area contributed by atoms with E-state index in [0.29, 0.717) is 39.7 Å². The Balaban J connectivity index is 1.58. The number of benzene rings is 2. The maximum absolute atomic E-state index is 13.5.